The zero-order chi connectivity index (χ0) is 14.4. The van der Waals surface area contributed by atoms with E-state index in [1.165, 1.54) is 20.0 Å². The number of carbonyl (C=O) groups excluding carboxylic acids is 1. The smallest absolute Gasteiger partial charge is 0.238 e. The Balaban J connectivity index is 1.98. The van der Waals surface area contributed by atoms with Crippen LogP contribution < -0.4 is 15.4 Å². The number of amides is 1. The van der Waals surface area contributed by atoms with Crippen molar-refractivity contribution in [2.24, 2.45) is 0 Å². The van der Waals surface area contributed by atoms with E-state index in [-0.39, 0.29) is 12.5 Å². The van der Waals surface area contributed by atoms with Crippen molar-refractivity contribution in [3.63, 3.8) is 0 Å². The summed E-state index contributed by atoms with van der Waals surface area (Å²) in [5.74, 6) is 0.344. The molecule has 5 heteroatoms. The number of ether oxygens (including phenoxy) is 1. The number of carbonyl (C=O) groups is 1. The van der Waals surface area contributed by atoms with Gasteiger partial charge in [-0.25, -0.2) is 0 Å². The number of rotatable bonds is 5. The van der Waals surface area contributed by atoms with Crippen LogP contribution in [0.15, 0.2) is 18.2 Å². The summed E-state index contributed by atoms with van der Waals surface area (Å²) < 4.78 is 5.18. The van der Waals surface area contributed by atoms with Crippen molar-refractivity contribution in [1.82, 2.24) is 5.32 Å². The predicted molar refractivity (Wildman–Crippen MR) is 76.6 cm³/mol. The number of nitrogens with zero attached hydrogens (tertiary/aromatic N) is 1. The highest BCUT2D eigenvalue weighted by atomic mass is 16.5. The fourth-order valence-corrected chi connectivity index (χ4v) is 2.47. The van der Waals surface area contributed by atoms with Crippen molar-refractivity contribution in [2.75, 3.05) is 19.0 Å². The molecule has 1 saturated carbocycles. The summed E-state index contributed by atoms with van der Waals surface area (Å²) in [5.41, 5.74) is 0.842. The highest BCUT2D eigenvalue weighted by Crippen LogP contribution is 2.27. The maximum absolute atomic E-state index is 12.0. The highest BCUT2D eigenvalue weighted by molar-refractivity contribution is 5.95. The van der Waals surface area contributed by atoms with E-state index in [9.17, 15) is 4.79 Å². The summed E-state index contributed by atoms with van der Waals surface area (Å²) >= 11 is 0. The quantitative estimate of drug-likeness (QED) is 0.861. The second-order valence-electron chi connectivity index (χ2n) is 4.91. The molecule has 0 heterocycles. The van der Waals surface area contributed by atoms with E-state index in [4.69, 9.17) is 10.00 Å². The Kier molecular flexibility index (Phi) is 4.97. The Hall–Kier alpha value is -2.06. The molecule has 0 atom stereocenters. The summed E-state index contributed by atoms with van der Waals surface area (Å²) in [4.78, 5) is 12.0. The van der Waals surface area contributed by atoms with Crippen molar-refractivity contribution in [2.45, 2.75) is 31.7 Å². The van der Waals surface area contributed by atoms with Gasteiger partial charge in [0.1, 0.15) is 17.5 Å². The normalized spacial score (nSPS) is 14.8. The van der Waals surface area contributed by atoms with Crippen LogP contribution in [0.1, 0.15) is 31.2 Å². The topological polar surface area (TPSA) is 74.1 Å². The van der Waals surface area contributed by atoms with E-state index in [1.54, 1.807) is 18.2 Å². The third kappa shape index (κ3) is 3.49. The first-order valence-electron chi connectivity index (χ1n) is 6.85. The number of nitrogens with one attached hydrogen (secondary N) is 2. The molecule has 0 unspecified atom stereocenters. The number of benzene rings is 1. The van der Waals surface area contributed by atoms with Gasteiger partial charge in [0.15, 0.2) is 0 Å². The summed E-state index contributed by atoms with van der Waals surface area (Å²) in [6.07, 6.45) is 4.71. The molecule has 1 amide bonds. The highest BCUT2D eigenvalue weighted by Gasteiger charge is 2.16. The van der Waals surface area contributed by atoms with Gasteiger partial charge in [0.05, 0.1) is 19.2 Å². The third-order valence-corrected chi connectivity index (χ3v) is 3.54. The van der Waals surface area contributed by atoms with Crippen molar-refractivity contribution in [3.05, 3.63) is 23.8 Å². The molecule has 5 nitrogen and oxygen atoms in total. The van der Waals surface area contributed by atoms with Crippen molar-refractivity contribution in [3.8, 4) is 11.8 Å². The summed E-state index contributed by atoms with van der Waals surface area (Å²) in [5, 5.41) is 15.1. The molecule has 106 valence electrons. The van der Waals surface area contributed by atoms with Crippen LogP contribution in [0.25, 0.3) is 0 Å². The van der Waals surface area contributed by atoms with Crippen LogP contribution in [-0.2, 0) is 4.79 Å². The first-order chi connectivity index (χ1) is 9.74. The van der Waals surface area contributed by atoms with Gasteiger partial charge in [-0.1, -0.05) is 18.9 Å². The minimum absolute atomic E-state index is 0.155. The van der Waals surface area contributed by atoms with Gasteiger partial charge in [0, 0.05) is 6.04 Å². The molecular formula is C15H19N3O2. The number of hydrogen-bond acceptors (Lipinski definition) is 4. The van der Waals surface area contributed by atoms with E-state index in [0.717, 1.165) is 12.8 Å². The van der Waals surface area contributed by atoms with Crippen molar-refractivity contribution in [1.29, 1.82) is 5.26 Å². The van der Waals surface area contributed by atoms with Crippen LogP contribution in [0, 0.1) is 11.3 Å². The summed E-state index contributed by atoms with van der Waals surface area (Å²) in [6.45, 7) is 0.258. The average Bonchev–Trinajstić information content (AvgIpc) is 2.98. The van der Waals surface area contributed by atoms with Crippen molar-refractivity contribution < 1.29 is 9.53 Å². The number of para-hydroxylation sites is 1. The molecule has 1 fully saturated rings. The minimum Gasteiger partial charge on any atom is -0.495 e. The monoisotopic (exact) mass is 273 g/mol. The molecule has 0 bridgehead atoms. The molecule has 0 aromatic heterocycles. The van der Waals surface area contributed by atoms with E-state index in [2.05, 4.69) is 16.7 Å². The molecule has 0 saturated heterocycles. The molecule has 1 aliphatic carbocycles. The number of hydrogen-bond donors (Lipinski definition) is 2. The molecule has 1 aromatic rings. The molecule has 2 rings (SSSR count). The molecule has 0 spiro atoms. The van der Waals surface area contributed by atoms with Gasteiger partial charge in [0.25, 0.3) is 0 Å². The summed E-state index contributed by atoms with van der Waals surface area (Å²) in [7, 11) is 1.52. The first-order valence-corrected chi connectivity index (χ1v) is 6.85. The number of methoxy groups -OCH3 is 1. The van der Waals surface area contributed by atoms with Crippen LogP contribution in [0.4, 0.5) is 5.69 Å². The Morgan fingerprint density at radius 3 is 2.85 bits per heavy atom. The van der Waals surface area contributed by atoms with Gasteiger partial charge in [0.2, 0.25) is 5.91 Å². The molecule has 0 aliphatic heterocycles. The number of nitriles is 1. The van der Waals surface area contributed by atoms with Gasteiger partial charge in [-0.05, 0) is 25.0 Å². The molecule has 1 aliphatic rings. The maximum Gasteiger partial charge on any atom is 0.238 e. The molecule has 20 heavy (non-hydrogen) atoms. The molecule has 2 N–H and O–H groups in total. The number of anilines is 1. The minimum atomic E-state index is -0.155. The lowest BCUT2D eigenvalue weighted by atomic mass is 10.1. The van der Waals surface area contributed by atoms with Crippen LogP contribution in [-0.4, -0.2) is 25.6 Å². The van der Waals surface area contributed by atoms with Gasteiger partial charge in [-0.2, -0.15) is 5.26 Å². The SMILES string of the molecule is COc1cccc(C#N)c1NC(=O)CNC1CCCC1. The maximum atomic E-state index is 12.0. The Bertz CT molecular complexity index is 516. The van der Waals surface area contributed by atoms with Gasteiger partial charge < -0.3 is 15.4 Å². The van der Waals surface area contributed by atoms with E-state index < -0.39 is 0 Å². The Labute approximate surface area is 118 Å². The van der Waals surface area contributed by atoms with Gasteiger partial charge >= 0.3 is 0 Å². The predicted octanol–water partition coefficient (Wildman–Crippen LogP) is 2.04. The fraction of sp³-hybridized carbons (Fsp3) is 0.467. The lowest BCUT2D eigenvalue weighted by Crippen LogP contribution is -2.34. The third-order valence-electron chi connectivity index (χ3n) is 3.54. The van der Waals surface area contributed by atoms with Crippen LogP contribution >= 0.6 is 0 Å². The zero-order valence-corrected chi connectivity index (χ0v) is 11.6. The van der Waals surface area contributed by atoms with Gasteiger partial charge in [-0.15, -0.1) is 0 Å². The van der Waals surface area contributed by atoms with Crippen molar-refractivity contribution >= 4 is 11.6 Å². The lowest BCUT2D eigenvalue weighted by Gasteiger charge is -2.14. The molecule has 1 aromatic carbocycles. The van der Waals surface area contributed by atoms with Crippen LogP contribution in [0.3, 0.4) is 0 Å². The Morgan fingerprint density at radius 1 is 1.45 bits per heavy atom. The molecular weight excluding hydrogens is 254 g/mol. The Morgan fingerprint density at radius 2 is 2.20 bits per heavy atom. The summed E-state index contributed by atoms with van der Waals surface area (Å²) in [6, 6.07) is 7.60. The second kappa shape index (κ2) is 6.92. The fourth-order valence-electron chi connectivity index (χ4n) is 2.47. The van der Waals surface area contributed by atoms with E-state index >= 15 is 0 Å². The van der Waals surface area contributed by atoms with Crippen LogP contribution in [0.2, 0.25) is 0 Å². The van der Waals surface area contributed by atoms with E-state index in [1.807, 2.05) is 0 Å². The standard InChI is InChI=1S/C15H19N3O2/c1-20-13-8-4-5-11(9-16)15(13)18-14(19)10-17-12-6-2-3-7-12/h4-5,8,12,17H,2-3,6-7,10H2,1H3,(H,18,19). The van der Waals surface area contributed by atoms with Gasteiger partial charge in [-0.3, -0.25) is 4.79 Å². The largest absolute Gasteiger partial charge is 0.495 e. The first kappa shape index (κ1) is 14.4. The van der Waals surface area contributed by atoms with E-state index in [0.29, 0.717) is 23.0 Å². The van der Waals surface area contributed by atoms with Crippen LogP contribution in [0.5, 0.6) is 5.75 Å². The average molecular weight is 273 g/mol. The zero-order valence-electron chi connectivity index (χ0n) is 11.6. The molecule has 0 radical (unpaired) electrons. The lowest BCUT2D eigenvalue weighted by molar-refractivity contribution is -0.115. The second-order valence-corrected chi connectivity index (χ2v) is 4.91.